The van der Waals surface area contributed by atoms with Gasteiger partial charge in [-0.2, -0.15) is 0 Å². The van der Waals surface area contributed by atoms with Gasteiger partial charge < -0.3 is 5.32 Å². The Balaban J connectivity index is 1.92. The summed E-state index contributed by atoms with van der Waals surface area (Å²) in [6, 6.07) is 5.75. The molecule has 2 atom stereocenters. The molecule has 0 aliphatic heterocycles. The van der Waals surface area contributed by atoms with Crippen molar-refractivity contribution < 1.29 is 4.79 Å². The second-order valence-electron chi connectivity index (χ2n) is 4.96. The minimum atomic E-state index is 0.00222. The summed E-state index contributed by atoms with van der Waals surface area (Å²) >= 11 is 11.8. The molecule has 0 bridgehead atoms. The number of nitrogens with one attached hydrogen (secondary N) is 1. The van der Waals surface area contributed by atoms with Gasteiger partial charge in [-0.3, -0.25) is 4.79 Å². The second kappa shape index (κ2) is 7.27. The Hall–Kier alpha value is 0.190. The first kappa shape index (κ1) is 15.6. The number of amides is 1. The van der Waals surface area contributed by atoms with E-state index >= 15 is 0 Å². The zero-order valence-corrected chi connectivity index (χ0v) is 15.0. The number of carbonyl (C=O) groups is 1. The normalized spacial score (nSPS) is 23.1. The topological polar surface area (TPSA) is 29.1 Å². The predicted molar refractivity (Wildman–Crippen MR) is 90.8 cm³/mol. The van der Waals surface area contributed by atoms with Crippen LogP contribution in [0.15, 0.2) is 22.7 Å². The molecule has 2 rings (SSSR count). The lowest BCUT2D eigenvalue weighted by atomic mass is 9.89. The van der Waals surface area contributed by atoms with Gasteiger partial charge in [-0.05, 0) is 66.0 Å². The first-order chi connectivity index (χ1) is 9.06. The Labute approximate surface area is 140 Å². The van der Waals surface area contributed by atoms with Crippen molar-refractivity contribution in [2.75, 3.05) is 6.54 Å². The van der Waals surface area contributed by atoms with Gasteiger partial charge in [0.2, 0.25) is 0 Å². The third-order valence-electron chi connectivity index (χ3n) is 3.44. The number of benzene rings is 1. The molecule has 2 nitrogen and oxygen atoms in total. The number of hydrogen-bond donors (Lipinski definition) is 1. The van der Waals surface area contributed by atoms with Gasteiger partial charge >= 0.3 is 0 Å². The summed E-state index contributed by atoms with van der Waals surface area (Å²) in [5, 5.41) is 3.31. The third kappa shape index (κ3) is 4.60. The summed E-state index contributed by atoms with van der Waals surface area (Å²) in [7, 11) is 0. The molecule has 2 unspecified atom stereocenters. The summed E-state index contributed by atoms with van der Waals surface area (Å²) in [6.07, 6.45) is 4.45. The summed E-state index contributed by atoms with van der Waals surface area (Å²) < 4.78 is 1.90. The highest BCUT2D eigenvalue weighted by Crippen LogP contribution is 2.27. The fraction of sp³-hybridized carbons (Fsp3) is 0.500. The maximum atomic E-state index is 12.2. The van der Waals surface area contributed by atoms with Crippen molar-refractivity contribution in [2.24, 2.45) is 5.92 Å². The van der Waals surface area contributed by atoms with Crippen molar-refractivity contribution in [3.8, 4) is 0 Å². The molecule has 1 aromatic rings. The molecule has 104 valence electrons. The maximum Gasteiger partial charge on any atom is 0.252 e. The van der Waals surface area contributed by atoms with Crippen LogP contribution in [0.4, 0.5) is 0 Å². The lowest BCUT2D eigenvalue weighted by Gasteiger charge is -2.25. The van der Waals surface area contributed by atoms with Crippen molar-refractivity contribution >= 4 is 56.0 Å². The first-order valence-electron chi connectivity index (χ1n) is 6.43. The van der Waals surface area contributed by atoms with E-state index in [-0.39, 0.29) is 11.3 Å². The van der Waals surface area contributed by atoms with Crippen molar-refractivity contribution in [1.82, 2.24) is 5.32 Å². The van der Waals surface area contributed by atoms with Crippen LogP contribution in [-0.2, 0) is 0 Å². The van der Waals surface area contributed by atoms with Crippen LogP contribution in [0.25, 0.3) is 0 Å². The third-order valence-corrected chi connectivity index (χ3v) is 5.27. The van der Waals surface area contributed by atoms with Crippen molar-refractivity contribution in [1.29, 1.82) is 0 Å². The van der Waals surface area contributed by atoms with Crippen LogP contribution in [0.5, 0.6) is 0 Å². The van der Waals surface area contributed by atoms with Gasteiger partial charge in [-0.15, -0.1) is 11.6 Å². The molecule has 1 N–H and O–H groups in total. The van der Waals surface area contributed by atoms with E-state index in [2.05, 4.69) is 43.8 Å². The Bertz CT molecular complexity index is 469. The molecule has 0 saturated heterocycles. The van der Waals surface area contributed by atoms with Gasteiger partial charge in [-0.1, -0.05) is 22.4 Å². The fourth-order valence-electron chi connectivity index (χ4n) is 2.41. The SMILES string of the molecule is O=C(NCC1CCCC(Cl)C1)c1cc(Br)ccc1I. The number of alkyl halides is 1. The number of rotatable bonds is 3. The average molecular weight is 457 g/mol. The number of carbonyl (C=O) groups excluding carboxylic acids is 1. The quantitative estimate of drug-likeness (QED) is 0.524. The Morgan fingerprint density at radius 2 is 2.26 bits per heavy atom. The summed E-state index contributed by atoms with van der Waals surface area (Å²) in [5.41, 5.74) is 0.730. The van der Waals surface area contributed by atoms with Crippen LogP contribution in [0.2, 0.25) is 0 Å². The van der Waals surface area contributed by atoms with Crippen molar-refractivity contribution in [2.45, 2.75) is 31.1 Å². The van der Waals surface area contributed by atoms with Crippen LogP contribution < -0.4 is 5.32 Å². The van der Waals surface area contributed by atoms with Crippen molar-refractivity contribution in [3.63, 3.8) is 0 Å². The average Bonchev–Trinajstić information content (AvgIpc) is 2.39. The number of halogens is 3. The molecule has 1 aliphatic carbocycles. The molecular formula is C14H16BrClINO. The van der Waals surface area contributed by atoms with Gasteiger partial charge in [0.25, 0.3) is 5.91 Å². The number of hydrogen-bond acceptors (Lipinski definition) is 1. The lowest BCUT2D eigenvalue weighted by molar-refractivity contribution is 0.0942. The van der Waals surface area contributed by atoms with Gasteiger partial charge in [0.1, 0.15) is 0 Å². The van der Waals surface area contributed by atoms with Crippen LogP contribution in [0, 0.1) is 9.49 Å². The highest BCUT2D eigenvalue weighted by molar-refractivity contribution is 14.1. The maximum absolute atomic E-state index is 12.2. The fourth-order valence-corrected chi connectivity index (χ4v) is 3.76. The standard InChI is InChI=1S/C14H16BrClINO/c15-10-4-5-13(17)12(7-10)14(19)18-8-9-2-1-3-11(16)6-9/h4-5,7,9,11H,1-3,6,8H2,(H,18,19). The summed E-state index contributed by atoms with van der Waals surface area (Å²) in [4.78, 5) is 12.2. The van der Waals surface area contributed by atoms with E-state index in [1.165, 1.54) is 12.8 Å². The monoisotopic (exact) mass is 455 g/mol. The largest absolute Gasteiger partial charge is 0.352 e. The Morgan fingerprint density at radius 1 is 1.47 bits per heavy atom. The van der Waals surface area contributed by atoms with E-state index < -0.39 is 0 Å². The highest BCUT2D eigenvalue weighted by atomic mass is 127. The summed E-state index contributed by atoms with van der Waals surface area (Å²) in [6.45, 7) is 0.727. The van der Waals surface area contributed by atoms with Crippen molar-refractivity contribution in [3.05, 3.63) is 31.8 Å². The smallest absolute Gasteiger partial charge is 0.252 e. The predicted octanol–water partition coefficient (Wildman–Crippen LogP) is 4.58. The van der Waals surface area contributed by atoms with Gasteiger partial charge in [0.05, 0.1) is 5.56 Å². The molecule has 1 amide bonds. The molecule has 19 heavy (non-hydrogen) atoms. The van der Waals surface area contributed by atoms with Crippen LogP contribution >= 0.6 is 50.1 Å². The molecule has 5 heteroatoms. The minimum absolute atomic E-state index is 0.00222. The van der Waals surface area contributed by atoms with Gasteiger partial charge in [0, 0.05) is 20.0 Å². The molecule has 1 saturated carbocycles. The van der Waals surface area contributed by atoms with E-state index in [1.54, 1.807) is 0 Å². The first-order valence-corrected chi connectivity index (χ1v) is 8.74. The highest BCUT2D eigenvalue weighted by Gasteiger charge is 2.21. The van der Waals surface area contributed by atoms with Gasteiger partial charge in [-0.25, -0.2) is 0 Å². The summed E-state index contributed by atoms with van der Waals surface area (Å²) in [5.74, 6) is 0.521. The zero-order valence-electron chi connectivity index (χ0n) is 10.5. The van der Waals surface area contributed by atoms with E-state index in [1.807, 2.05) is 18.2 Å². The van der Waals surface area contributed by atoms with Crippen LogP contribution in [-0.4, -0.2) is 17.8 Å². The van der Waals surface area contributed by atoms with E-state index in [4.69, 9.17) is 11.6 Å². The molecule has 1 fully saturated rings. The lowest BCUT2D eigenvalue weighted by Crippen LogP contribution is -2.32. The Kier molecular flexibility index (Phi) is 5.96. The van der Waals surface area contributed by atoms with E-state index in [0.29, 0.717) is 5.92 Å². The van der Waals surface area contributed by atoms with E-state index in [9.17, 15) is 4.79 Å². The minimum Gasteiger partial charge on any atom is -0.352 e. The van der Waals surface area contributed by atoms with Crippen LogP contribution in [0.1, 0.15) is 36.0 Å². The Morgan fingerprint density at radius 3 is 3.00 bits per heavy atom. The van der Waals surface area contributed by atoms with Crippen LogP contribution in [0.3, 0.4) is 0 Å². The second-order valence-corrected chi connectivity index (χ2v) is 7.66. The van der Waals surface area contributed by atoms with Gasteiger partial charge in [0.15, 0.2) is 0 Å². The molecule has 0 aromatic heterocycles. The molecule has 1 aliphatic rings. The molecular weight excluding hydrogens is 440 g/mol. The zero-order chi connectivity index (χ0) is 13.8. The van der Waals surface area contributed by atoms with E-state index in [0.717, 1.165) is 33.0 Å². The molecule has 1 aromatic carbocycles. The molecule has 0 heterocycles. The molecule has 0 radical (unpaired) electrons. The molecule has 0 spiro atoms.